The molecule has 1 aromatic carbocycles. The monoisotopic (exact) mass is 458 g/mol. The van der Waals surface area contributed by atoms with Crippen molar-refractivity contribution >= 4 is 35.8 Å². The second-order valence-electron chi connectivity index (χ2n) is 6.44. The Morgan fingerprint density at radius 1 is 1.28 bits per heavy atom. The summed E-state index contributed by atoms with van der Waals surface area (Å²) in [6, 6.07) is 9.96. The number of halogens is 1. The number of rotatable bonds is 6. The van der Waals surface area contributed by atoms with E-state index in [1.807, 2.05) is 30.3 Å². The van der Waals surface area contributed by atoms with Gasteiger partial charge >= 0.3 is 0 Å². The fourth-order valence-corrected chi connectivity index (χ4v) is 2.96. The lowest BCUT2D eigenvalue weighted by Gasteiger charge is -2.33. The zero-order valence-electron chi connectivity index (χ0n) is 15.3. The number of carbonyl (C=O) groups is 1. The number of benzene rings is 1. The summed E-state index contributed by atoms with van der Waals surface area (Å²) in [5.41, 5.74) is 1.12. The molecule has 1 heterocycles. The van der Waals surface area contributed by atoms with Crippen molar-refractivity contribution in [2.45, 2.75) is 39.7 Å². The number of nitrogens with zero attached hydrogens (tertiary/aromatic N) is 2. The van der Waals surface area contributed by atoms with Crippen LogP contribution >= 0.6 is 24.0 Å². The van der Waals surface area contributed by atoms with Gasteiger partial charge in [-0.2, -0.15) is 0 Å². The van der Waals surface area contributed by atoms with Gasteiger partial charge in [-0.25, -0.2) is 0 Å². The molecule has 0 aromatic heterocycles. The summed E-state index contributed by atoms with van der Waals surface area (Å²) >= 11 is 0. The van der Waals surface area contributed by atoms with Gasteiger partial charge in [-0.05, 0) is 31.2 Å². The van der Waals surface area contributed by atoms with Crippen molar-refractivity contribution in [1.29, 1.82) is 0 Å². The van der Waals surface area contributed by atoms with Gasteiger partial charge in [0.15, 0.2) is 5.96 Å². The minimum Gasteiger partial charge on any atom is -0.357 e. The second kappa shape index (κ2) is 12.1. The van der Waals surface area contributed by atoms with Crippen molar-refractivity contribution in [2.75, 3.05) is 26.2 Å². The number of hydrogen-bond donors (Lipinski definition) is 2. The second-order valence-corrected chi connectivity index (χ2v) is 6.44. The number of aliphatic imine (C=N–C) groups is 1. The van der Waals surface area contributed by atoms with Crippen molar-refractivity contribution < 1.29 is 4.79 Å². The number of amides is 1. The van der Waals surface area contributed by atoms with Crippen LogP contribution in [0, 0.1) is 5.92 Å². The summed E-state index contributed by atoms with van der Waals surface area (Å²) < 4.78 is 0. The molecule has 1 aliphatic rings. The third kappa shape index (κ3) is 8.07. The maximum atomic E-state index is 12.0. The van der Waals surface area contributed by atoms with E-state index in [1.165, 1.54) is 12.8 Å². The Morgan fingerprint density at radius 3 is 2.72 bits per heavy atom. The molecular formula is C19H31IN4O. The van der Waals surface area contributed by atoms with Crippen molar-refractivity contribution in [1.82, 2.24) is 15.5 Å². The average molecular weight is 458 g/mol. The van der Waals surface area contributed by atoms with Crippen LogP contribution in [-0.2, 0) is 11.3 Å². The Hall–Kier alpha value is -1.31. The van der Waals surface area contributed by atoms with Gasteiger partial charge in [-0.3, -0.25) is 9.79 Å². The standard InChI is InChI=1S/C19H30N4O.HI/c1-3-20-19(23-13-7-8-16(2)15-23)21-12-11-18(24)22-14-17-9-5-4-6-10-17;/h4-6,9-10,16H,3,7-8,11-15H2,1-2H3,(H,20,21)(H,22,24);1H. The molecule has 0 aliphatic carbocycles. The molecular weight excluding hydrogens is 427 g/mol. The highest BCUT2D eigenvalue weighted by molar-refractivity contribution is 14.0. The SMILES string of the molecule is CCNC(=NCCC(=O)NCc1ccccc1)N1CCCC(C)C1.I. The van der Waals surface area contributed by atoms with Gasteiger partial charge in [0.2, 0.25) is 5.91 Å². The Labute approximate surface area is 168 Å². The molecule has 1 atom stereocenters. The van der Waals surface area contributed by atoms with Crippen molar-refractivity contribution in [2.24, 2.45) is 10.9 Å². The third-order valence-corrected chi connectivity index (χ3v) is 4.22. The molecule has 1 fully saturated rings. The Bertz CT molecular complexity index is 535. The molecule has 1 unspecified atom stereocenters. The molecule has 5 nitrogen and oxygen atoms in total. The predicted octanol–water partition coefficient (Wildman–Crippen LogP) is 3.01. The van der Waals surface area contributed by atoms with Gasteiger partial charge in [-0.15, -0.1) is 24.0 Å². The zero-order valence-corrected chi connectivity index (χ0v) is 17.7. The van der Waals surface area contributed by atoms with Gasteiger partial charge < -0.3 is 15.5 Å². The summed E-state index contributed by atoms with van der Waals surface area (Å²) in [6.45, 7) is 8.41. The van der Waals surface area contributed by atoms with Gasteiger partial charge in [0, 0.05) is 32.6 Å². The highest BCUT2D eigenvalue weighted by Gasteiger charge is 2.19. The molecule has 1 aromatic rings. The zero-order chi connectivity index (χ0) is 17.2. The first-order valence-electron chi connectivity index (χ1n) is 9.03. The summed E-state index contributed by atoms with van der Waals surface area (Å²) in [4.78, 5) is 18.9. The first-order valence-corrected chi connectivity index (χ1v) is 9.03. The minimum atomic E-state index is 0. The molecule has 0 radical (unpaired) electrons. The van der Waals surface area contributed by atoms with Crippen LogP contribution in [0.1, 0.15) is 38.7 Å². The molecule has 6 heteroatoms. The summed E-state index contributed by atoms with van der Waals surface area (Å²) in [7, 11) is 0. The van der Waals surface area contributed by atoms with Crippen LogP contribution in [0.15, 0.2) is 35.3 Å². The normalized spacial score (nSPS) is 17.6. The van der Waals surface area contributed by atoms with E-state index >= 15 is 0 Å². The van der Waals surface area contributed by atoms with Crippen LogP contribution < -0.4 is 10.6 Å². The maximum absolute atomic E-state index is 12.0. The number of hydrogen-bond acceptors (Lipinski definition) is 2. The van der Waals surface area contributed by atoms with Crippen molar-refractivity contribution in [3.63, 3.8) is 0 Å². The molecule has 1 saturated heterocycles. The Morgan fingerprint density at radius 2 is 2.04 bits per heavy atom. The maximum Gasteiger partial charge on any atom is 0.222 e. The number of piperidine rings is 1. The summed E-state index contributed by atoms with van der Waals surface area (Å²) in [6.07, 6.45) is 2.92. The van der Waals surface area contributed by atoms with E-state index < -0.39 is 0 Å². The van der Waals surface area contributed by atoms with Gasteiger partial charge in [0.05, 0.1) is 6.54 Å². The quantitative estimate of drug-likeness (QED) is 0.392. The number of carbonyl (C=O) groups excluding carboxylic acids is 1. The summed E-state index contributed by atoms with van der Waals surface area (Å²) in [5, 5.41) is 6.30. The highest BCUT2D eigenvalue weighted by atomic mass is 127. The van der Waals surface area contributed by atoms with Crippen LogP contribution in [0.4, 0.5) is 0 Å². The van der Waals surface area contributed by atoms with E-state index in [4.69, 9.17) is 0 Å². The number of nitrogens with one attached hydrogen (secondary N) is 2. The molecule has 0 bridgehead atoms. The first kappa shape index (κ1) is 21.7. The molecule has 0 saturated carbocycles. The van der Waals surface area contributed by atoms with E-state index in [9.17, 15) is 4.79 Å². The van der Waals surface area contributed by atoms with Gasteiger partial charge in [0.25, 0.3) is 0 Å². The fourth-order valence-electron chi connectivity index (χ4n) is 2.96. The van der Waals surface area contributed by atoms with E-state index in [1.54, 1.807) is 0 Å². The van der Waals surface area contributed by atoms with E-state index in [0.717, 1.165) is 31.2 Å². The van der Waals surface area contributed by atoms with Crippen molar-refractivity contribution in [3.05, 3.63) is 35.9 Å². The summed E-state index contributed by atoms with van der Waals surface area (Å²) in [5.74, 6) is 1.70. The molecule has 2 rings (SSSR count). The van der Waals surface area contributed by atoms with E-state index in [2.05, 4.69) is 34.4 Å². The molecule has 2 N–H and O–H groups in total. The molecule has 1 aliphatic heterocycles. The largest absolute Gasteiger partial charge is 0.357 e. The lowest BCUT2D eigenvalue weighted by molar-refractivity contribution is -0.121. The Kier molecular flexibility index (Phi) is 10.5. The van der Waals surface area contributed by atoms with E-state index in [-0.39, 0.29) is 29.9 Å². The average Bonchev–Trinajstić information content (AvgIpc) is 2.60. The number of likely N-dealkylation sites (tertiary alicyclic amines) is 1. The molecule has 0 spiro atoms. The molecule has 1 amide bonds. The third-order valence-electron chi connectivity index (χ3n) is 4.22. The highest BCUT2D eigenvalue weighted by Crippen LogP contribution is 2.15. The van der Waals surface area contributed by atoms with E-state index in [0.29, 0.717) is 25.4 Å². The minimum absolute atomic E-state index is 0. The topological polar surface area (TPSA) is 56.7 Å². The van der Waals surface area contributed by atoms with Gasteiger partial charge in [-0.1, -0.05) is 37.3 Å². The molecule has 140 valence electrons. The predicted molar refractivity (Wildman–Crippen MR) is 114 cm³/mol. The van der Waals surface area contributed by atoms with Gasteiger partial charge in [0.1, 0.15) is 0 Å². The lowest BCUT2D eigenvalue weighted by atomic mass is 10.0. The van der Waals surface area contributed by atoms with Crippen LogP contribution in [-0.4, -0.2) is 42.9 Å². The Balaban J connectivity index is 0.00000312. The van der Waals surface area contributed by atoms with Crippen LogP contribution in [0.2, 0.25) is 0 Å². The number of guanidine groups is 1. The van der Waals surface area contributed by atoms with Crippen LogP contribution in [0.5, 0.6) is 0 Å². The lowest BCUT2D eigenvalue weighted by Crippen LogP contribution is -2.46. The fraction of sp³-hybridized carbons (Fsp3) is 0.579. The molecule has 25 heavy (non-hydrogen) atoms. The van der Waals surface area contributed by atoms with Crippen molar-refractivity contribution in [3.8, 4) is 0 Å². The van der Waals surface area contributed by atoms with Crippen LogP contribution in [0.3, 0.4) is 0 Å². The smallest absolute Gasteiger partial charge is 0.222 e. The first-order chi connectivity index (χ1) is 11.7. The van der Waals surface area contributed by atoms with Crippen LogP contribution in [0.25, 0.3) is 0 Å².